The monoisotopic (exact) mass is 415 g/mol. The van der Waals surface area contributed by atoms with Crippen molar-refractivity contribution in [2.75, 3.05) is 31.3 Å². The summed E-state index contributed by atoms with van der Waals surface area (Å²) in [5, 5.41) is 3.13. The summed E-state index contributed by atoms with van der Waals surface area (Å²) in [7, 11) is -1.04. The van der Waals surface area contributed by atoms with E-state index < -0.39 is 17.7 Å². The fraction of sp³-hybridized carbons (Fsp3) is 0.286. The number of nitrogens with zero attached hydrogens (tertiary/aromatic N) is 3. The zero-order valence-electron chi connectivity index (χ0n) is 16.6. The molecule has 0 aliphatic carbocycles. The smallest absolute Gasteiger partial charge is 0.222 e. The number of aromatic nitrogens is 3. The Bertz CT molecular complexity index is 832. The first kappa shape index (κ1) is 24.1. The molecule has 0 amide bonds. The zero-order chi connectivity index (χ0) is 21.3. The number of terminal acetylenes is 1. The predicted octanol–water partition coefficient (Wildman–Crippen LogP) is 3.17. The lowest BCUT2D eigenvalue weighted by molar-refractivity contribution is 0.562. The summed E-state index contributed by atoms with van der Waals surface area (Å²) in [6.07, 6.45) is 18.8. The maximum Gasteiger partial charge on any atom is 0.222 e. The van der Waals surface area contributed by atoms with Crippen LogP contribution >= 0.6 is 0 Å². The average Bonchev–Trinajstić information content (AvgIpc) is 2.70. The number of rotatable bonds is 10. The van der Waals surface area contributed by atoms with E-state index in [0.29, 0.717) is 31.2 Å². The minimum absolute atomic E-state index is 0.416. The molecule has 0 aromatic carbocycles. The van der Waals surface area contributed by atoms with Crippen LogP contribution in [0.3, 0.4) is 0 Å². The van der Waals surface area contributed by atoms with E-state index in [0.717, 1.165) is 11.1 Å². The molecule has 0 aliphatic heterocycles. The van der Waals surface area contributed by atoms with E-state index in [1.165, 1.54) is 12.3 Å². The fourth-order valence-corrected chi connectivity index (χ4v) is 2.34. The number of hydrogen-bond donors (Lipinski definition) is 2. The fourth-order valence-electron chi connectivity index (χ4n) is 2.03. The maximum atomic E-state index is 12.5. The van der Waals surface area contributed by atoms with Crippen LogP contribution in [0.1, 0.15) is 19.0 Å². The quantitative estimate of drug-likeness (QED) is 0.349. The molecular formula is C21H26FN5OS. The van der Waals surface area contributed by atoms with Gasteiger partial charge in [0.05, 0.1) is 16.7 Å². The number of allylic oxidation sites excluding steroid dienone is 4. The molecule has 0 bridgehead atoms. The van der Waals surface area contributed by atoms with Crippen LogP contribution in [0.4, 0.5) is 10.3 Å². The van der Waals surface area contributed by atoms with Gasteiger partial charge in [0.15, 0.2) is 0 Å². The number of nitrogens with one attached hydrogen (secondary N) is 2. The second-order valence-electron chi connectivity index (χ2n) is 5.73. The number of anilines is 1. The average molecular weight is 416 g/mol. The van der Waals surface area contributed by atoms with Crippen LogP contribution in [0.15, 0.2) is 60.6 Å². The standard InChI is InChI=1S/C21H26FN5OS/c1-4-5-8-19(9-6-12-22)20-10-7-13-24-21(25-16-15-23-20)26-17-18(2)11-14-27-29(3)28/h1,6-11,13,15-16,27H,5,12,14,17H2,2-3H3,(H,24,25,26)/b9-6-,18-11+,19-8+. The Balaban J connectivity index is 2.94. The van der Waals surface area contributed by atoms with Crippen molar-refractivity contribution >= 4 is 22.5 Å². The largest absolute Gasteiger partial charge is 0.350 e. The van der Waals surface area contributed by atoms with Crippen LogP contribution in [0.2, 0.25) is 0 Å². The van der Waals surface area contributed by atoms with Gasteiger partial charge in [-0.1, -0.05) is 29.9 Å². The van der Waals surface area contributed by atoms with Crippen LogP contribution in [0.25, 0.3) is 5.57 Å². The van der Waals surface area contributed by atoms with Crippen molar-refractivity contribution in [3.8, 4) is 12.3 Å². The second-order valence-corrected chi connectivity index (χ2v) is 6.93. The van der Waals surface area contributed by atoms with E-state index in [-0.39, 0.29) is 0 Å². The highest BCUT2D eigenvalue weighted by atomic mass is 32.2. The Kier molecular flexibility index (Phi) is 12.6. The molecule has 29 heavy (non-hydrogen) atoms. The summed E-state index contributed by atoms with van der Waals surface area (Å²) in [5.74, 6) is 2.96. The molecule has 0 saturated heterocycles. The van der Waals surface area contributed by atoms with Crippen molar-refractivity contribution in [1.29, 1.82) is 0 Å². The molecule has 0 aliphatic rings. The zero-order valence-corrected chi connectivity index (χ0v) is 17.5. The number of hydrogen-bond acceptors (Lipinski definition) is 5. The van der Waals surface area contributed by atoms with Crippen molar-refractivity contribution in [2.24, 2.45) is 0 Å². The Hall–Kier alpha value is -2.89. The Labute approximate surface area is 174 Å². The highest BCUT2D eigenvalue weighted by Crippen LogP contribution is 2.12. The minimum atomic E-state index is -1.04. The number of halogens is 1. The Morgan fingerprint density at radius 1 is 1.28 bits per heavy atom. The molecule has 0 fully saturated rings. The molecule has 1 atom stereocenters. The van der Waals surface area contributed by atoms with Gasteiger partial charge in [-0.15, -0.1) is 12.3 Å². The van der Waals surface area contributed by atoms with E-state index >= 15 is 0 Å². The first-order valence-electron chi connectivity index (χ1n) is 8.91. The van der Waals surface area contributed by atoms with E-state index in [2.05, 4.69) is 30.9 Å². The van der Waals surface area contributed by atoms with Crippen molar-refractivity contribution in [3.05, 3.63) is 66.3 Å². The first-order valence-corrected chi connectivity index (χ1v) is 10.5. The van der Waals surface area contributed by atoms with Gasteiger partial charge in [-0.2, -0.15) is 0 Å². The minimum Gasteiger partial charge on any atom is -0.350 e. The van der Waals surface area contributed by atoms with Gasteiger partial charge in [0.2, 0.25) is 5.95 Å². The third-order valence-electron chi connectivity index (χ3n) is 3.40. The van der Waals surface area contributed by atoms with Gasteiger partial charge in [0.25, 0.3) is 0 Å². The normalized spacial score (nSPS) is 12.9. The van der Waals surface area contributed by atoms with Crippen molar-refractivity contribution in [3.63, 3.8) is 0 Å². The maximum absolute atomic E-state index is 12.5. The summed E-state index contributed by atoms with van der Waals surface area (Å²) in [5.41, 5.74) is 2.40. The van der Waals surface area contributed by atoms with Gasteiger partial charge in [0.1, 0.15) is 6.67 Å². The molecule has 0 spiro atoms. The summed E-state index contributed by atoms with van der Waals surface area (Å²) in [4.78, 5) is 12.9. The van der Waals surface area contributed by atoms with Gasteiger partial charge in [-0.3, -0.25) is 4.98 Å². The molecule has 6 nitrogen and oxygen atoms in total. The molecule has 1 rings (SSSR count). The molecule has 1 aromatic rings. The van der Waals surface area contributed by atoms with Gasteiger partial charge < -0.3 is 5.32 Å². The van der Waals surface area contributed by atoms with Gasteiger partial charge in [-0.25, -0.2) is 23.3 Å². The third kappa shape index (κ3) is 11.5. The van der Waals surface area contributed by atoms with Crippen LogP contribution in [-0.4, -0.2) is 45.2 Å². The van der Waals surface area contributed by atoms with Crippen LogP contribution in [0.5, 0.6) is 0 Å². The summed E-state index contributed by atoms with van der Waals surface area (Å²) < 4.78 is 26.3. The molecule has 0 radical (unpaired) electrons. The summed E-state index contributed by atoms with van der Waals surface area (Å²) in [6, 6.07) is 3.49. The summed E-state index contributed by atoms with van der Waals surface area (Å²) in [6.45, 7) is 2.46. The molecule has 8 heteroatoms. The lowest BCUT2D eigenvalue weighted by atomic mass is 10.1. The number of alkyl halides is 1. The lowest BCUT2D eigenvalue weighted by Gasteiger charge is -2.04. The van der Waals surface area contributed by atoms with Crippen molar-refractivity contribution in [1.82, 2.24) is 19.7 Å². The van der Waals surface area contributed by atoms with Crippen LogP contribution in [0, 0.1) is 12.3 Å². The SMILES string of the molecule is C#CC/C=C(\C=C/CF)c1cccnc(NC/C(C)=C/CNS(C)=O)nccn1. The van der Waals surface area contributed by atoms with Crippen molar-refractivity contribution in [2.45, 2.75) is 13.3 Å². The molecule has 1 aromatic heterocycles. The Morgan fingerprint density at radius 3 is 2.76 bits per heavy atom. The highest BCUT2D eigenvalue weighted by molar-refractivity contribution is 7.82. The van der Waals surface area contributed by atoms with Gasteiger partial charge in [0, 0.05) is 44.4 Å². The predicted molar refractivity (Wildman–Crippen MR) is 118 cm³/mol. The molecule has 154 valence electrons. The molecule has 1 unspecified atom stereocenters. The second kappa shape index (κ2) is 15.1. The molecular weight excluding hydrogens is 389 g/mol. The van der Waals surface area contributed by atoms with Crippen LogP contribution < -0.4 is 10.0 Å². The van der Waals surface area contributed by atoms with Crippen molar-refractivity contribution < 1.29 is 8.60 Å². The molecule has 0 saturated carbocycles. The molecule has 2 N–H and O–H groups in total. The Morgan fingerprint density at radius 2 is 2.03 bits per heavy atom. The molecule has 1 heterocycles. The third-order valence-corrected chi connectivity index (χ3v) is 3.97. The van der Waals surface area contributed by atoms with E-state index in [9.17, 15) is 8.60 Å². The first-order chi connectivity index (χ1) is 14.1. The summed E-state index contributed by atoms with van der Waals surface area (Å²) >= 11 is 0. The lowest BCUT2D eigenvalue weighted by Crippen LogP contribution is -2.16. The van der Waals surface area contributed by atoms with E-state index in [4.69, 9.17) is 6.42 Å². The highest BCUT2D eigenvalue weighted by Gasteiger charge is 1.97. The topological polar surface area (TPSA) is 79.8 Å². The van der Waals surface area contributed by atoms with E-state index in [1.807, 2.05) is 13.0 Å². The van der Waals surface area contributed by atoms with E-state index in [1.54, 1.807) is 42.9 Å². The van der Waals surface area contributed by atoms with Gasteiger partial charge in [-0.05, 0) is 24.6 Å². The van der Waals surface area contributed by atoms with Gasteiger partial charge >= 0.3 is 0 Å². The van der Waals surface area contributed by atoms with Crippen LogP contribution in [-0.2, 0) is 11.0 Å².